The maximum absolute atomic E-state index is 12.2. The van der Waals surface area contributed by atoms with E-state index in [0.717, 1.165) is 22.5 Å². The van der Waals surface area contributed by atoms with Crippen LogP contribution in [0, 0.1) is 6.92 Å². The number of nitrogens with one attached hydrogen (secondary N) is 2. The molecule has 2 aromatic heterocycles. The van der Waals surface area contributed by atoms with Crippen molar-refractivity contribution in [2.45, 2.75) is 38.5 Å². The number of benzene rings is 1. The summed E-state index contributed by atoms with van der Waals surface area (Å²) in [7, 11) is 0. The zero-order valence-corrected chi connectivity index (χ0v) is 12.9. The molecule has 1 fully saturated rings. The minimum Gasteiger partial charge on any atom is -0.361 e. The summed E-state index contributed by atoms with van der Waals surface area (Å²) < 4.78 is 4.93. The van der Waals surface area contributed by atoms with E-state index in [-0.39, 0.29) is 5.91 Å². The van der Waals surface area contributed by atoms with Gasteiger partial charge in [-0.15, -0.1) is 0 Å². The van der Waals surface area contributed by atoms with Crippen molar-refractivity contribution in [1.82, 2.24) is 15.1 Å². The number of nitrogens with zero attached hydrogens (tertiary/aromatic N) is 2. The van der Waals surface area contributed by atoms with E-state index in [0.29, 0.717) is 17.2 Å². The third-order valence-electron chi connectivity index (χ3n) is 4.50. The van der Waals surface area contributed by atoms with Crippen molar-refractivity contribution in [3.8, 4) is 0 Å². The molecule has 0 spiro atoms. The number of H-pyrrole nitrogens is 1. The Hall–Kier alpha value is -2.63. The molecule has 1 aliphatic carbocycles. The molecule has 3 aromatic rings. The van der Waals surface area contributed by atoms with Crippen LogP contribution in [0.25, 0.3) is 11.0 Å². The van der Waals surface area contributed by atoms with E-state index in [2.05, 4.69) is 20.4 Å². The van der Waals surface area contributed by atoms with E-state index < -0.39 is 0 Å². The van der Waals surface area contributed by atoms with Gasteiger partial charge in [-0.2, -0.15) is 0 Å². The third kappa shape index (κ3) is 2.60. The number of aryl methyl sites for hydroxylation is 1. The normalized spacial score (nSPS) is 15.3. The average molecular weight is 310 g/mol. The summed E-state index contributed by atoms with van der Waals surface area (Å²) in [4.78, 5) is 20.3. The number of hydrogen-bond donors (Lipinski definition) is 2. The summed E-state index contributed by atoms with van der Waals surface area (Å²) >= 11 is 0. The number of fused-ring (bicyclic) bond motifs is 1. The van der Waals surface area contributed by atoms with Gasteiger partial charge in [0, 0.05) is 11.6 Å². The molecule has 0 aliphatic heterocycles. The second kappa shape index (κ2) is 5.53. The monoisotopic (exact) mass is 310 g/mol. The van der Waals surface area contributed by atoms with Crippen molar-refractivity contribution < 1.29 is 9.32 Å². The number of amides is 1. The summed E-state index contributed by atoms with van der Waals surface area (Å²) in [5.74, 6) is 1.89. The summed E-state index contributed by atoms with van der Waals surface area (Å²) in [5, 5.41) is 6.50. The van der Waals surface area contributed by atoms with Crippen LogP contribution in [0.15, 0.2) is 28.9 Å². The maximum Gasteiger partial charge on any atom is 0.260 e. The third-order valence-corrected chi connectivity index (χ3v) is 4.50. The van der Waals surface area contributed by atoms with E-state index in [1.807, 2.05) is 18.2 Å². The maximum atomic E-state index is 12.2. The summed E-state index contributed by atoms with van der Waals surface area (Å²) in [5.41, 5.74) is 3.06. The highest BCUT2D eigenvalue weighted by molar-refractivity contribution is 6.05. The van der Waals surface area contributed by atoms with E-state index >= 15 is 0 Å². The molecule has 23 heavy (non-hydrogen) atoms. The van der Waals surface area contributed by atoms with Crippen molar-refractivity contribution in [1.29, 1.82) is 0 Å². The molecule has 0 radical (unpaired) electrons. The van der Waals surface area contributed by atoms with Gasteiger partial charge >= 0.3 is 0 Å². The zero-order chi connectivity index (χ0) is 15.8. The molecule has 1 amide bonds. The molecule has 0 atom stereocenters. The van der Waals surface area contributed by atoms with Crippen LogP contribution in [0.1, 0.15) is 53.5 Å². The Morgan fingerprint density at radius 1 is 1.35 bits per heavy atom. The molecular formula is C17H18N4O2. The molecule has 2 N–H and O–H groups in total. The van der Waals surface area contributed by atoms with Crippen molar-refractivity contribution in [2.24, 2.45) is 0 Å². The first-order valence-corrected chi connectivity index (χ1v) is 7.93. The van der Waals surface area contributed by atoms with Crippen LogP contribution in [0.5, 0.6) is 0 Å². The van der Waals surface area contributed by atoms with Crippen molar-refractivity contribution >= 4 is 22.6 Å². The molecule has 0 unspecified atom stereocenters. The quantitative estimate of drug-likeness (QED) is 0.771. The van der Waals surface area contributed by atoms with Gasteiger partial charge in [0.25, 0.3) is 5.91 Å². The van der Waals surface area contributed by atoms with Crippen molar-refractivity contribution in [2.75, 3.05) is 5.32 Å². The van der Waals surface area contributed by atoms with E-state index in [1.54, 1.807) is 6.92 Å². The van der Waals surface area contributed by atoms with Crippen LogP contribution >= 0.6 is 0 Å². The summed E-state index contributed by atoms with van der Waals surface area (Å²) in [6.07, 6.45) is 6.40. The van der Waals surface area contributed by atoms with Gasteiger partial charge in [0.15, 0.2) is 0 Å². The molecule has 2 heterocycles. The van der Waals surface area contributed by atoms with E-state index in [9.17, 15) is 4.79 Å². The Bertz CT molecular complexity index is 858. The number of aromatic nitrogens is 3. The first-order chi connectivity index (χ1) is 11.2. The highest BCUT2D eigenvalue weighted by Gasteiger charge is 2.20. The lowest BCUT2D eigenvalue weighted by Crippen LogP contribution is -2.11. The van der Waals surface area contributed by atoms with Gasteiger partial charge in [-0.25, -0.2) is 4.98 Å². The summed E-state index contributed by atoms with van der Waals surface area (Å²) in [6.45, 7) is 1.72. The smallest absolute Gasteiger partial charge is 0.260 e. The molecule has 0 bridgehead atoms. The van der Waals surface area contributed by atoms with Crippen LogP contribution in [0.4, 0.5) is 5.69 Å². The molecule has 1 aromatic carbocycles. The molecule has 0 saturated heterocycles. The number of anilines is 1. The molecule has 4 rings (SSSR count). The Morgan fingerprint density at radius 2 is 2.17 bits per heavy atom. The lowest BCUT2D eigenvalue weighted by Gasteiger charge is -2.03. The number of rotatable bonds is 3. The van der Waals surface area contributed by atoms with Crippen LogP contribution in [-0.4, -0.2) is 21.0 Å². The van der Waals surface area contributed by atoms with Gasteiger partial charge in [0.1, 0.15) is 17.1 Å². The Balaban J connectivity index is 1.58. The standard InChI is InChI=1S/C17H18N4O2/c1-10-13(9-18-23-10)17(22)19-12-6-7-14-15(8-12)21-16(20-14)11-4-2-3-5-11/h6-9,11H,2-5H2,1H3,(H,19,22)(H,20,21). The van der Waals surface area contributed by atoms with Gasteiger partial charge in [0.05, 0.1) is 17.2 Å². The number of carbonyl (C=O) groups is 1. The van der Waals surface area contributed by atoms with Crippen LogP contribution in [-0.2, 0) is 0 Å². The fourth-order valence-electron chi connectivity index (χ4n) is 3.21. The Labute approximate surface area is 133 Å². The van der Waals surface area contributed by atoms with Crippen molar-refractivity contribution in [3.63, 3.8) is 0 Å². The fourth-order valence-corrected chi connectivity index (χ4v) is 3.21. The molecule has 6 heteroatoms. The lowest BCUT2D eigenvalue weighted by molar-refractivity contribution is 0.102. The second-order valence-electron chi connectivity index (χ2n) is 6.09. The molecule has 1 aliphatic rings. The van der Waals surface area contributed by atoms with Crippen LogP contribution in [0.3, 0.4) is 0 Å². The van der Waals surface area contributed by atoms with Crippen LogP contribution < -0.4 is 5.32 Å². The first kappa shape index (κ1) is 14.0. The minimum absolute atomic E-state index is 0.223. The number of carbonyl (C=O) groups excluding carboxylic acids is 1. The Kier molecular flexibility index (Phi) is 3.37. The largest absolute Gasteiger partial charge is 0.361 e. The summed E-state index contributed by atoms with van der Waals surface area (Å²) in [6, 6.07) is 5.71. The predicted octanol–water partition coefficient (Wildman–Crippen LogP) is 3.77. The van der Waals surface area contributed by atoms with Gasteiger partial charge in [-0.3, -0.25) is 4.79 Å². The van der Waals surface area contributed by atoms with Gasteiger partial charge in [0.2, 0.25) is 0 Å². The van der Waals surface area contributed by atoms with Gasteiger partial charge < -0.3 is 14.8 Å². The van der Waals surface area contributed by atoms with Gasteiger partial charge in [-0.05, 0) is 38.0 Å². The average Bonchev–Trinajstić information content (AvgIpc) is 3.26. The van der Waals surface area contributed by atoms with Crippen molar-refractivity contribution in [3.05, 3.63) is 41.5 Å². The second-order valence-corrected chi connectivity index (χ2v) is 6.09. The van der Waals surface area contributed by atoms with E-state index in [1.165, 1.54) is 31.9 Å². The van der Waals surface area contributed by atoms with E-state index in [4.69, 9.17) is 4.52 Å². The lowest BCUT2D eigenvalue weighted by atomic mass is 10.1. The number of aromatic amines is 1. The molecule has 6 nitrogen and oxygen atoms in total. The van der Waals surface area contributed by atoms with Crippen LogP contribution in [0.2, 0.25) is 0 Å². The molecular weight excluding hydrogens is 292 g/mol. The minimum atomic E-state index is -0.223. The topological polar surface area (TPSA) is 83.8 Å². The molecule has 118 valence electrons. The van der Waals surface area contributed by atoms with Gasteiger partial charge in [-0.1, -0.05) is 18.0 Å². The SMILES string of the molecule is Cc1oncc1C(=O)Nc1ccc2nc(C3CCCC3)[nH]c2c1. The highest BCUT2D eigenvalue weighted by Crippen LogP contribution is 2.33. The Morgan fingerprint density at radius 3 is 2.91 bits per heavy atom. The predicted molar refractivity (Wildman–Crippen MR) is 86.5 cm³/mol. The fraction of sp³-hybridized carbons (Fsp3) is 0.353. The number of imidazole rings is 1. The zero-order valence-electron chi connectivity index (χ0n) is 12.9. The first-order valence-electron chi connectivity index (χ1n) is 7.93. The highest BCUT2D eigenvalue weighted by atomic mass is 16.5. The molecule has 1 saturated carbocycles. The number of hydrogen-bond acceptors (Lipinski definition) is 4.